The minimum atomic E-state index is 0. The highest BCUT2D eigenvalue weighted by molar-refractivity contribution is 5.64. The zero-order valence-corrected chi connectivity index (χ0v) is 8.97. The maximum Gasteiger partial charge on any atom is 0.118 e. The van der Waals surface area contributed by atoms with Crippen LogP contribution in [0.5, 0.6) is 5.75 Å². The number of rotatable bonds is 2. The van der Waals surface area contributed by atoms with Gasteiger partial charge in [-0.25, -0.2) is 0 Å². The van der Waals surface area contributed by atoms with Crippen molar-refractivity contribution in [2.75, 3.05) is 7.11 Å². The first-order valence-corrected chi connectivity index (χ1v) is 4.98. The Hall–Kier alpha value is -2.27. The molecule has 2 nitrogen and oxygen atoms in total. The van der Waals surface area contributed by atoms with E-state index in [1.165, 1.54) is 0 Å². The van der Waals surface area contributed by atoms with E-state index in [1.54, 1.807) is 7.11 Å². The van der Waals surface area contributed by atoms with Crippen LogP contribution in [0, 0.1) is 11.3 Å². The van der Waals surface area contributed by atoms with Crippen molar-refractivity contribution in [1.29, 1.82) is 5.26 Å². The lowest BCUT2D eigenvalue weighted by atomic mass is 10.0. The fraction of sp³-hybridized carbons (Fsp3) is 0.133. The summed E-state index contributed by atoms with van der Waals surface area (Å²) < 4.78 is 5.10. The fourth-order valence-corrected chi connectivity index (χ4v) is 1.52. The standard InChI is InChI=1S/C14H11NO.CH4/c1-16-14-8-6-13(7-9-14)12-4-2-11(10-15)3-5-12;/h2-9H,1H3;1H4. The minimum absolute atomic E-state index is 0. The van der Waals surface area contributed by atoms with Crippen LogP contribution in [0.3, 0.4) is 0 Å². The monoisotopic (exact) mass is 225 g/mol. The molecule has 17 heavy (non-hydrogen) atoms. The van der Waals surface area contributed by atoms with Gasteiger partial charge in [0.25, 0.3) is 0 Å². The fourth-order valence-electron chi connectivity index (χ4n) is 1.52. The minimum Gasteiger partial charge on any atom is -0.497 e. The summed E-state index contributed by atoms with van der Waals surface area (Å²) in [7, 11) is 1.65. The van der Waals surface area contributed by atoms with E-state index >= 15 is 0 Å². The second kappa shape index (κ2) is 5.72. The molecule has 0 saturated carbocycles. The van der Waals surface area contributed by atoms with E-state index in [-0.39, 0.29) is 7.43 Å². The highest BCUT2D eigenvalue weighted by atomic mass is 16.5. The molecule has 2 heteroatoms. The molecule has 0 aliphatic carbocycles. The van der Waals surface area contributed by atoms with Crippen LogP contribution in [0.1, 0.15) is 13.0 Å². The summed E-state index contributed by atoms with van der Waals surface area (Å²) in [6, 6.07) is 17.5. The van der Waals surface area contributed by atoms with Gasteiger partial charge in [0.2, 0.25) is 0 Å². The quantitative estimate of drug-likeness (QED) is 0.777. The molecule has 2 rings (SSSR count). The predicted octanol–water partition coefficient (Wildman–Crippen LogP) is 3.87. The Labute approximate surface area is 102 Å². The smallest absolute Gasteiger partial charge is 0.118 e. The Morgan fingerprint density at radius 1 is 0.882 bits per heavy atom. The van der Waals surface area contributed by atoms with Gasteiger partial charge >= 0.3 is 0 Å². The Balaban J connectivity index is 0.00000144. The second-order valence-electron chi connectivity index (χ2n) is 3.42. The van der Waals surface area contributed by atoms with Crippen LogP contribution >= 0.6 is 0 Å². The van der Waals surface area contributed by atoms with E-state index in [4.69, 9.17) is 10.00 Å². The van der Waals surface area contributed by atoms with Crippen LogP contribution in [-0.4, -0.2) is 7.11 Å². The lowest BCUT2D eigenvalue weighted by Crippen LogP contribution is -1.83. The molecule has 0 fully saturated rings. The van der Waals surface area contributed by atoms with Gasteiger partial charge < -0.3 is 4.74 Å². The molecular weight excluding hydrogens is 210 g/mol. The van der Waals surface area contributed by atoms with E-state index in [9.17, 15) is 0 Å². The average molecular weight is 225 g/mol. The summed E-state index contributed by atoms with van der Waals surface area (Å²) >= 11 is 0. The van der Waals surface area contributed by atoms with Crippen molar-refractivity contribution in [3.05, 3.63) is 54.1 Å². The Morgan fingerprint density at radius 3 is 1.76 bits per heavy atom. The number of hydrogen-bond donors (Lipinski definition) is 0. The first kappa shape index (κ1) is 12.8. The number of ether oxygens (including phenoxy) is 1. The Morgan fingerprint density at radius 2 is 1.35 bits per heavy atom. The lowest BCUT2D eigenvalue weighted by Gasteiger charge is -2.03. The molecule has 0 aliphatic heterocycles. The van der Waals surface area contributed by atoms with Crippen LogP contribution in [0.2, 0.25) is 0 Å². The van der Waals surface area contributed by atoms with Crippen LogP contribution in [0.15, 0.2) is 48.5 Å². The summed E-state index contributed by atoms with van der Waals surface area (Å²) in [6.07, 6.45) is 0. The van der Waals surface area contributed by atoms with Crippen LogP contribution < -0.4 is 4.74 Å². The predicted molar refractivity (Wildman–Crippen MR) is 69.9 cm³/mol. The molecule has 0 radical (unpaired) electrons. The van der Waals surface area contributed by atoms with E-state index in [1.807, 2.05) is 48.5 Å². The number of benzene rings is 2. The van der Waals surface area contributed by atoms with Crippen LogP contribution in [0.4, 0.5) is 0 Å². The maximum atomic E-state index is 8.70. The highest BCUT2D eigenvalue weighted by Crippen LogP contribution is 2.22. The molecule has 86 valence electrons. The molecule has 0 aromatic heterocycles. The molecule has 0 bridgehead atoms. The zero-order chi connectivity index (χ0) is 11.4. The van der Waals surface area contributed by atoms with Crippen molar-refractivity contribution in [2.45, 2.75) is 7.43 Å². The van der Waals surface area contributed by atoms with Gasteiger partial charge in [-0.2, -0.15) is 5.26 Å². The average Bonchev–Trinajstić information content (AvgIpc) is 2.39. The molecular formula is C15H15NO. The first-order valence-electron chi connectivity index (χ1n) is 4.98. The highest BCUT2D eigenvalue weighted by Gasteiger charge is 1.98. The van der Waals surface area contributed by atoms with Gasteiger partial charge in [0, 0.05) is 0 Å². The molecule has 0 spiro atoms. The van der Waals surface area contributed by atoms with Gasteiger partial charge in [0.05, 0.1) is 18.7 Å². The molecule has 0 unspecified atom stereocenters. The number of nitrogens with zero attached hydrogens (tertiary/aromatic N) is 1. The van der Waals surface area contributed by atoms with Gasteiger partial charge in [0.1, 0.15) is 5.75 Å². The molecule has 0 atom stereocenters. The summed E-state index contributed by atoms with van der Waals surface area (Å²) in [5.41, 5.74) is 2.89. The molecule has 0 aliphatic rings. The van der Waals surface area contributed by atoms with E-state index < -0.39 is 0 Å². The third-order valence-electron chi connectivity index (χ3n) is 2.44. The van der Waals surface area contributed by atoms with Gasteiger partial charge in [-0.3, -0.25) is 0 Å². The molecule has 2 aromatic carbocycles. The maximum absolute atomic E-state index is 8.70. The summed E-state index contributed by atoms with van der Waals surface area (Å²) in [6.45, 7) is 0. The van der Waals surface area contributed by atoms with Gasteiger partial charge in [-0.1, -0.05) is 31.7 Å². The van der Waals surface area contributed by atoms with Gasteiger partial charge in [-0.15, -0.1) is 0 Å². The van der Waals surface area contributed by atoms with Crippen molar-refractivity contribution in [1.82, 2.24) is 0 Å². The van der Waals surface area contributed by atoms with E-state index in [0.717, 1.165) is 16.9 Å². The van der Waals surface area contributed by atoms with Crippen LogP contribution in [-0.2, 0) is 0 Å². The van der Waals surface area contributed by atoms with E-state index in [0.29, 0.717) is 5.56 Å². The first-order chi connectivity index (χ1) is 7.83. The molecule has 2 aromatic rings. The third kappa shape index (κ3) is 2.85. The van der Waals surface area contributed by atoms with Crippen molar-refractivity contribution < 1.29 is 4.74 Å². The van der Waals surface area contributed by atoms with Crippen molar-refractivity contribution in [2.24, 2.45) is 0 Å². The normalized spacial score (nSPS) is 8.94. The van der Waals surface area contributed by atoms with Crippen molar-refractivity contribution in [3.8, 4) is 22.9 Å². The SMILES string of the molecule is C.COc1ccc(-c2ccc(C#N)cc2)cc1. The second-order valence-corrected chi connectivity index (χ2v) is 3.42. The lowest BCUT2D eigenvalue weighted by molar-refractivity contribution is 0.415. The topological polar surface area (TPSA) is 33.0 Å². The summed E-state index contributed by atoms with van der Waals surface area (Å²) in [5, 5.41) is 8.70. The largest absolute Gasteiger partial charge is 0.497 e. The van der Waals surface area contributed by atoms with Crippen molar-refractivity contribution in [3.63, 3.8) is 0 Å². The Kier molecular flexibility index (Phi) is 4.30. The molecule has 0 N–H and O–H groups in total. The van der Waals surface area contributed by atoms with E-state index in [2.05, 4.69) is 6.07 Å². The van der Waals surface area contributed by atoms with Gasteiger partial charge in [0.15, 0.2) is 0 Å². The number of methoxy groups -OCH3 is 1. The van der Waals surface area contributed by atoms with Crippen molar-refractivity contribution >= 4 is 0 Å². The molecule has 0 amide bonds. The summed E-state index contributed by atoms with van der Waals surface area (Å²) in [5.74, 6) is 0.845. The number of nitriles is 1. The van der Waals surface area contributed by atoms with Crippen LogP contribution in [0.25, 0.3) is 11.1 Å². The third-order valence-corrected chi connectivity index (χ3v) is 2.44. The summed E-state index contributed by atoms with van der Waals surface area (Å²) in [4.78, 5) is 0. The van der Waals surface area contributed by atoms with Gasteiger partial charge in [-0.05, 0) is 35.4 Å². The Bertz CT molecular complexity index is 506. The zero-order valence-electron chi connectivity index (χ0n) is 8.97. The molecule has 0 saturated heterocycles. The number of hydrogen-bond acceptors (Lipinski definition) is 2. The molecule has 0 heterocycles.